The number of hydrogen-bond acceptors (Lipinski definition) is 3. The molecule has 5 rings (SSSR count). The smallest absolute Gasteiger partial charge is 0.118 e. The Morgan fingerprint density at radius 2 is 1.71 bits per heavy atom. The number of hydrogen-bond donors (Lipinski definition) is 0. The van der Waals surface area contributed by atoms with Gasteiger partial charge < -0.3 is 14.2 Å². The highest BCUT2D eigenvalue weighted by atomic mass is 16.5. The van der Waals surface area contributed by atoms with Gasteiger partial charge in [-0.05, 0) is 93.1 Å². The summed E-state index contributed by atoms with van der Waals surface area (Å²) in [4.78, 5) is 7.73. The van der Waals surface area contributed by atoms with Crippen LogP contribution < -0.4 is 4.74 Å². The topological polar surface area (TPSA) is 30.3 Å². The van der Waals surface area contributed by atoms with Crippen molar-refractivity contribution < 1.29 is 4.74 Å². The van der Waals surface area contributed by atoms with E-state index in [0.717, 1.165) is 37.2 Å². The summed E-state index contributed by atoms with van der Waals surface area (Å²) in [7, 11) is 1.72. The van der Waals surface area contributed by atoms with Gasteiger partial charge in [0.15, 0.2) is 0 Å². The minimum absolute atomic E-state index is 0.696. The van der Waals surface area contributed by atoms with E-state index in [9.17, 15) is 0 Å². The van der Waals surface area contributed by atoms with Gasteiger partial charge in [-0.3, -0.25) is 0 Å². The SMILES string of the molecule is COc1ccc(CCN2CCC(Cc3nc4ccccc4n3Cc3cc(C)ccc3C)CC2)cc1. The molecule has 0 spiro atoms. The number of likely N-dealkylation sites (tertiary alicyclic amines) is 1. The molecule has 0 saturated carbocycles. The van der Waals surface area contributed by atoms with E-state index >= 15 is 0 Å². The summed E-state index contributed by atoms with van der Waals surface area (Å²) >= 11 is 0. The van der Waals surface area contributed by atoms with Gasteiger partial charge in [-0.1, -0.05) is 48.0 Å². The molecule has 4 aromatic rings. The molecule has 1 aromatic heterocycles. The van der Waals surface area contributed by atoms with Gasteiger partial charge in [0.2, 0.25) is 0 Å². The molecule has 1 aliphatic heterocycles. The van der Waals surface area contributed by atoms with Crippen molar-refractivity contribution in [2.75, 3.05) is 26.7 Å². The first-order valence-electron chi connectivity index (χ1n) is 12.9. The van der Waals surface area contributed by atoms with E-state index in [-0.39, 0.29) is 0 Å². The fourth-order valence-corrected chi connectivity index (χ4v) is 5.35. The number of piperidine rings is 1. The predicted molar refractivity (Wildman–Crippen MR) is 144 cm³/mol. The normalized spacial score (nSPS) is 15.1. The largest absolute Gasteiger partial charge is 0.497 e. The molecule has 0 bridgehead atoms. The van der Waals surface area contributed by atoms with E-state index in [1.54, 1.807) is 7.11 Å². The maximum absolute atomic E-state index is 5.28. The number of methoxy groups -OCH3 is 1. The second-order valence-corrected chi connectivity index (χ2v) is 10.1. The zero-order valence-corrected chi connectivity index (χ0v) is 21.3. The summed E-state index contributed by atoms with van der Waals surface area (Å²) in [6.45, 7) is 8.78. The molecule has 0 amide bonds. The quantitative estimate of drug-likeness (QED) is 0.309. The van der Waals surface area contributed by atoms with Gasteiger partial charge in [0.05, 0.1) is 18.1 Å². The van der Waals surface area contributed by atoms with Crippen LogP contribution in [0.1, 0.15) is 40.9 Å². The molecule has 182 valence electrons. The van der Waals surface area contributed by atoms with Crippen molar-refractivity contribution in [3.05, 3.63) is 94.8 Å². The lowest BCUT2D eigenvalue weighted by atomic mass is 9.93. The standard InChI is InChI=1S/C31H37N3O/c1-23-8-9-24(2)27(20-23)22-34-30-7-5-4-6-29(30)32-31(34)21-26-15-18-33(19-16-26)17-14-25-10-12-28(35-3)13-11-25/h4-13,20,26H,14-19,21-22H2,1-3H3. The van der Waals surface area contributed by atoms with Gasteiger partial charge >= 0.3 is 0 Å². The van der Waals surface area contributed by atoms with Gasteiger partial charge in [-0.15, -0.1) is 0 Å². The van der Waals surface area contributed by atoms with Crippen molar-refractivity contribution in [2.45, 2.75) is 46.1 Å². The summed E-state index contributed by atoms with van der Waals surface area (Å²) in [5.41, 5.74) is 7.81. The Balaban J connectivity index is 1.24. The van der Waals surface area contributed by atoms with Crippen LogP contribution in [0.4, 0.5) is 0 Å². The first-order valence-corrected chi connectivity index (χ1v) is 12.9. The van der Waals surface area contributed by atoms with Crippen molar-refractivity contribution in [1.29, 1.82) is 0 Å². The van der Waals surface area contributed by atoms with E-state index in [2.05, 4.69) is 90.0 Å². The Morgan fingerprint density at radius 3 is 2.49 bits per heavy atom. The molecule has 0 atom stereocenters. The average molecular weight is 468 g/mol. The molecule has 1 fully saturated rings. The molecular weight excluding hydrogens is 430 g/mol. The minimum atomic E-state index is 0.696. The van der Waals surface area contributed by atoms with E-state index < -0.39 is 0 Å². The number of aromatic nitrogens is 2. The van der Waals surface area contributed by atoms with Crippen molar-refractivity contribution in [1.82, 2.24) is 14.5 Å². The highest BCUT2D eigenvalue weighted by Gasteiger charge is 2.22. The maximum atomic E-state index is 5.28. The Labute approximate surface area is 209 Å². The average Bonchev–Trinajstić information content (AvgIpc) is 3.23. The van der Waals surface area contributed by atoms with Gasteiger partial charge in [0.25, 0.3) is 0 Å². The lowest BCUT2D eigenvalue weighted by Crippen LogP contribution is -2.36. The van der Waals surface area contributed by atoms with Crippen molar-refractivity contribution >= 4 is 11.0 Å². The van der Waals surface area contributed by atoms with E-state index in [1.807, 2.05) is 0 Å². The molecular formula is C31H37N3O. The lowest BCUT2D eigenvalue weighted by molar-refractivity contribution is 0.184. The van der Waals surface area contributed by atoms with Crippen molar-refractivity contribution in [2.24, 2.45) is 5.92 Å². The number of fused-ring (bicyclic) bond motifs is 1. The summed E-state index contributed by atoms with van der Waals surface area (Å²) < 4.78 is 7.74. The molecule has 35 heavy (non-hydrogen) atoms. The van der Waals surface area contributed by atoms with Crippen LogP contribution in [0.2, 0.25) is 0 Å². The molecule has 4 nitrogen and oxygen atoms in total. The molecule has 2 heterocycles. The van der Waals surface area contributed by atoms with Crippen molar-refractivity contribution in [3.8, 4) is 5.75 Å². The Kier molecular flexibility index (Phi) is 7.19. The van der Waals surface area contributed by atoms with Crippen LogP contribution in [-0.4, -0.2) is 41.2 Å². The third-order valence-electron chi connectivity index (χ3n) is 7.62. The number of aryl methyl sites for hydroxylation is 2. The third-order valence-corrected chi connectivity index (χ3v) is 7.62. The predicted octanol–water partition coefficient (Wildman–Crippen LogP) is 6.21. The second kappa shape index (κ2) is 10.7. The minimum Gasteiger partial charge on any atom is -0.497 e. The van der Waals surface area contributed by atoms with Gasteiger partial charge in [0.1, 0.15) is 11.6 Å². The number of nitrogens with zero attached hydrogens (tertiary/aromatic N) is 3. The summed E-state index contributed by atoms with van der Waals surface area (Å²) in [5.74, 6) is 2.86. The monoisotopic (exact) mass is 467 g/mol. The molecule has 0 aliphatic carbocycles. The van der Waals surface area contributed by atoms with E-state index in [4.69, 9.17) is 9.72 Å². The Bertz CT molecular complexity index is 1270. The van der Waals surface area contributed by atoms with Crippen molar-refractivity contribution in [3.63, 3.8) is 0 Å². The second-order valence-electron chi connectivity index (χ2n) is 10.1. The molecule has 1 aliphatic rings. The number of benzene rings is 3. The third kappa shape index (κ3) is 5.59. The van der Waals surface area contributed by atoms with Crippen LogP contribution in [0.5, 0.6) is 5.75 Å². The van der Waals surface area contributed by atoms with Gasteiger partial charge in [-0.2, -0.15) is 0 Å². The highest BCUT2D eigenvalue weighted by molar-refractivity contribution is 5.76. The molecule has 0 N–H and O–H groups in total. The highest BCUT2D eigenvalue weighted by Crippen LogP contribution is 2.26. The number of ether oxygens (including phenoxy) is 1. The van der Waals surface area contributed by atoms with Crippen LogP contribution in [0.15, 0.2) is 66.7 Å². The van der Waals surface area contributed by atoms with Gasteiger partial charge in [-0.25, -0.2) is 4.98 Å². The molecule has 4 heteroatoms. The van der Waals surface area contributed by atoms with Crippen LogP contribution in [0.25, 0.3) is 11.0 Å². The fourth-order valence-electron chi connectivity index (χ4n) is 5.35. The van der Waals surface area contributed by atoms with E-state index in [1.165, 1.54) is 59.5 Å². The maximum Gasteiger partial charge on any atom is 0.118 e. The molecule has 0 radical (unpaired) electrons. The van der Waals surface area contributed by atoms with Crippen LogP contribution >= 0.6 is 0 Å². The Hall–Kier alpha value is -3.11. The summed E-state index contributed by atoms with van der Waals surface area (Å²) in [6, 6.07) is 23.9. The fraction of sp³-hybridized carbons (Fsp3) is 0.387. The zero-order chi connectivity index (χ0) is 24.2. The van der Waals surface area contributed by atoms with Crippen LogP contribution in [0, 0.1) is 19.8 Å². The molecule has 0 unspecified atom stereocenters. The van der Waals surface area contributed by atoms with Crippen LogP contribution in [-0.2, 0) is 19.4 Å². The van der Waals surface area contributed by atoms with E-state index in [0.29, 0.717) is 5.92 Å². The van der Waals surface area contributed by atoms with Crippen LogP contribution in [0.3, 0.4) is 0 Å². The zero-order valence-electron chi connectivity index (χ0n) is 21.3. The summed E-state index contributed by atoms with van der Waals surface area (Å²) in [6.07, 6.45) is 4.65. The Morgan fingerprint density at radius 1 is 0.943 bits per heavy atom. The number of rotatable bonds is 8. The molecule has 3 aromatic carbocycles. The lowest BCUT2D eigenvalue weighted by Gasteiger charge is -2.32. The number of imidazole rings is 1. The van der Waals surface area contributed by atoms with Gasteiger partial charge in [0, 0.05) is 19.5 Å². The summed E-state index contributed by atoms with van der Waals surface area (Å²) in [5, 5.41) is 0. The molecule has 1 saturated heterocycles. The first-order chi connectivity index (χ1) is 17.1. The number of para-hydroxylation sites is 2. The first kappa shape index (κ1) is 23.6.